The van der Waals surface area contributed by atoms with Crippen LogP contribution in [0.1, 0.15) is 25.7 Å². The van der Waals surface area contributed by atoms with Gasteiger partial charge >= 0.3 is 0 Å². The number of nitrogens with zero attached hydrogens (tertiary/aromatic N) is 3. The quantitative estimate of drug-likeness (QED) is 0.929. The summed E-state index contributed by atoms with van der Waals surface area (Å²) in [7, 11) is 1.80. The van der Waals surface area contributed by atoms with Gasteiger partial charge in [0.25, 0.3) is 0 Å². The van der Waals surface area contributed by atoms with Crippen LogP contribution < -0.4 is 5.32 Å². The first-order chi connectivity index (χ1) is 9.86. The van der Waals surface area contributed by atoms with E-state index >= 15 is 0 Å². The molecule has 0 bridgehead atoms. The van der Waals surface area contributed by atoms with Gasteiger partial charge in [0.05, 0.1) is 17.8 Å². The third-order valence-corrected chi connectivity index (χ3v) is 3.92. The minimum atomic E-state index is 0.308. The van der Waals surface area contributed by atoms with Gasteiger partial charge in [-0.15, -0.1) is 10.2 Å². The molecule has 1 aromatic carbocycles. The molecule has 5 nitrogen and oxygen atoms in total. The van der Waals surface area contributed by atoms with Gasteiger partial charge < -0.3 is 10.1 Å². The van der Waals surface area contributed by atoms with E-state index in [4.69, 9.17) is 4.74 Å². The SMILES string of the molecule is COC1CCCCC1Nc1cccc(-n2cnnc2)c1. The van der Waals surface area contributed by atoms with E-state index in [2.05, 4.69) is 27.6 Å². The normalized spacial score (nSPS) is 22.6. The molecule has 1 aliphatic carbocycles. The van der Waals surface area contributed by atoms with Crippen molar-refractivity contribution in [2.75, 3.05) is 12.4 Å². The molecule has 106 valence electrons. The minimum Gasteiger partial charge on any atom is -0.380 e. The van der Waals surface area contributed by atoms with Crippen molar-refractivity contribution in [2.45, 2.75) is 37.8 Å². The van der Waals surface area contributed by atoms with Crippen LogP contribution in [-0.2, 0) is 4.74 Å². The van der Waals surface area contributed by atoms with Crippen molar-refractivity contribution in [1.82, 2.24) is 14.8 Å². The van der Waals surface area contributed by atoms with Gasteiger partial charge in [-0.3, -0.25) is 4.57 Å². The number of hydrogen-bond acceptors (Lipinski definition) is 4. The lowest BCUT2D eigenvalue weighted by atomic mass is 9.92. The Morgan fingerprint density at radius 3 is 2.80 bits per heavy atom. The van der Waals surface area contributed by atoms with Gasteiger partial charge in [-0.1, -0.05) is 18.9 Å². The van der Waals surface area contributed by atoms with Crippen LogP contribution in [0.15, 0.2) is 36.9 Å². The van der Waals surface area contributed by atoms with Crippen molar-refractivity contribution in [3.05, 3.63) is 36.9 Å². The molecular formula is C15H20N4O. The van der Waals surface area contributed by atoms with E-state index in [1.54, 1.807) is 19.8 Å². The summed E-state index contributed by atoms with van der Waals surface area (Å²) in [4.78, 5) is 0. The molecule has 2 unspecified atom stereocenters. The predicted octanol–water partition coefficient (Wildman–Crippen LogP) is 2.64. The molecule has 0 spiro atoms. The molecule has 0 radical (unpaired) electrons. The molecule has 0 saturated heterocycles. The summed E-state index contributed by atoms with van der Waals surface area (Å²) in [6.07, 6.45) is 8.55. The Morgan fingerprint density at radius 1 is 1.20 bits per heavy atom. The Kier molecular flexibility index (Phi) is 3.97. The van der Waals surface area contributed by atoms with Crippen LogP contribution in [-0.4, -0.2) is 34.0 Å². The van der Waals surface area contributed by atoms with Crippen molar-refractivity contribution >= 4 is 5.69 Å². The molecule has 1 fully saturated rings. The Bertz CT molecular complexity index is 541. The second kappa shape index (κ2) is 6.05. The Labute approximate surface area is 119 Å². The van der Waals surface area contributed by atoms with Crippen LogP contribution >= 0.6 is 0 Å². The molecule has 1 N–H and O–H groups in total. The molecule has 0 aliphatic heterocycles. The average molecular weight is 272 g/mol. The van der Waals surface area contributed by atoms with Crippen molar-refractivity contribution in [3.63, 3.8) is 0 Å². The predicted molar refractivity (Wildman–Crippen MR) is 78.0 cm³/mol. The summed E-state index contributed by atoms with van der Waals surface area (Å²) >= 11 is 0. The lowest BCUT2D eigenvalue weighted by molar-refractivity contribution is 0.0606. The molecule has 2 aromatic rings. The number of nitrogens with one attached hydrogen (secondary N) is 1. The van der Waals surface area contributed by atoms with Crippen molar-refractivity contribution < 1.29 is 4.74 Å². The monoisotopic (exact) mass is 272 g/mol. The first kappa shape index (κ1) is 13.1. The zero-order valence-electron chi connectivity index (χ0n) is 11.7. The van der Waals surface area contributed by atoms with Crippen LogP contribution in [0.3, 0.4) is 0 Å². The highest BCUT2D eigenvalue weighted by molar-refractivity contribution is 5.51. The van der Waals surface area contributed by atoms with E-state index < -0.39 is 0 Å². The fourth-order valence-electron chi connectivity index (χ4n) is 2.85. The van der Waals surface area contributed by atoms with Crippen LogP contribution in [0.4, 0.5) is 5.69 Å². The van der Waals surface area contributed by atoms with E-state index in [1.807, 2.05) is 16.7 Å². The summed E-state index contributed by atoms with van der Waals surface area (Å²) in [6.45, 7) is 0. The number of ether oxygens (including phenoxy) is 1. The topological polar surface area (TPSA) is 52.0 Å². The average Bonchev–Trinajstić information content (AvgIpc) is 3.02. The maximum atomic E-state index is 5.59. The van der Waals surface area contributed by atoms with E-state index in [-0.39, 0.29) is 0 Å². The second-order valence-electron chi connectivity index (χ2n) is 5.23. The van der Waals surface area contributed by atoms with Crippen LogP contribution in [0.5, 0.6) is 0 Å². The fourth-order valence-corrected chi connectivity index (χ4v) is 2.85. The second-order valence-corrected chi connectivity index (χ2v) is 5.23. The third kappa shape index (κ3) is 2.82. The van der Waals surface area contributed by atoms with Crippen LogP contribution in [0.25, 0.3) is 5.69 Å². The summed E-state index contributed by atoms with van der Waals surface area (Å²) in [5.41, 5.74) is 2.18. The van der Waals surface area contributed by atoms with Gasteiger partial charge in [0.15, 0.2) is 0 Å². The largest absolute Gasteiger partial charge is 0.380 e. The highest BCUT2D eigenvalue weighted by Crippen LogP contribution is 2.25. The lowest BCUT2D eigenvalue weighted by Crippen LogP contribution is -2.37. The molecule has 1 aliphatic rings. The van der Waals surface area contributed by atoms with Crippen LogP contribution in [0.2, 0.25) is 0 Å². The number of anilines is 1. The number of rotatable bonds is 4. The fraction of sp³-hybridized carbons (Fsp3) is 0.467. The van der Waals surface area contributed by atoms with E-state index in [0.717, 1.165) is 24.2 Å². The Morgan fingerprint density at radius 2 is 2.00 bits per heavy atom. The highest BCUT2D eigenvalue weighted by atomic mass is 16.5. The zero-order chi connectivity index (χ0) is 13.8. The molecule has 0 amide bonds. The third-order valence-electron chi connectivity index (χ3n) is 3.92. The van der Waals surface area contributed by atoms with E-state index in [0.29, 0.717) is 12.1 Å². The molecule has 20 heavy (non-hydrogen) atoms. The maximum absolute atomic E-state index is 5.59. The van der Waals surface area contributed by atoms with Gasteiger partial charge in [-0.05, 0) is 31.0 Å². The molecule has 1 aromatic heterocycles. The first-order valence-electron chi connectivity index (χ1n) is 7.11. The summed E-state index contributed by atoms with van der Waals surface area (Å²) in [6, 6.07) is 8.69. The first-order valence-corrected chi connectivity index (χ1v) is 7.11. The number of methoxy groups -OCH3 is 1. The minimum absolute atomic E-state index is 0.308. The van der Waals surface area contributed by atoms with Crippen molar-refractivity contribution in [1.29, 1.82) is 0 Å². The number of hydrogen-bond donors (Lipinski definition) is 1. The molecule has 1 heterocycles. The van der Waals surface area contributed by atoms with Gasteiger partial charge in [0, 0.05) is 12.8 Å². The highest BCUT2D eigenvalue weighted by Gasteiger charge is 2.24. The van der Waals surface area contributed by atoms with Gasteiger partial charge in [0.1, 0.15) is 12.7 Å². The van der Waals surface area contributed by atoms with Crippen molar-refractivity contribution in [3.8, 4) is 5.69 Å². The molecule has 1 saturated carbocycles. The molecular weight excluding hydrogens is 252 g/mol. The van der Waals surface area contributed by atoms with Crippen LogP contribution in [0, 0.1) is 0 Å². The smallest absolute Gasteiger partial charge is 0.123 e. The van der Waals surface area contributed by atoms with Crippen molar-refractivity contribution in [2.24, 2.45) is 0 Å². The molecule has 5 heteroatoms. The molecule has 3 rings (SSSR count). The zero-order valence-corrected chi connectivity index (χ0v) is 11.7. The Hall–Kier alpha value is -1.88. The Balaban J connectivity index is 1.75. The molecule has 2 atom stereocenters. The summed E-state index contributed by atoms with van der Waals surface area (Å²) in [5.74, 6) is 0. The van der Waals surface area contributed by atoms with E-state index in [1.165, 1.54) is 12.8 Å². The van der Waals surface area contributed by atoms with Gasteiger partial charge in [-0.2, -0.15) is 0 Å². The number of benzene rings is 1. The van der Waals surface area contributed by atoms with Gasteiger partial charge in [-0.25, -0.2) is 0 Å². The van der Waals surface area contributed by atoms with Gasteiger partial charge in [0.2, 0.25) is 0 Å². The lowest BCUT2D eigenvalue weighted by Gasteiger charge is -2.31. The van der Waals surface area contributed by atoms with E-state index in [9.17, 15) is 0 Å². The summed E-state index contributed by atoms with van der Waals surface area (Å²) in [5, 5.41) is 11.3. The standard InChI is InChI=1S/C15H20N4O/c1-20-15-8-3-2-7-14(15)18-12-5-4-6-13(9-12)19-10-16-17-11-19/h4-6,9-11,14-15,18H,2-3,7-8H2,1H3. The maximum Gasteiger partial charge on any atom is 0.123 e. The number of aromatic nitrogens is 3. The summed E-state index contributed by atoms with van der Waals surface area (Å²) < 4.78 is 7.49.